The van der Waals surface area contributed by atoms with Gasteiger partial charge in [0.2, 0.25) is 5.91 Å². The van der Waals surface area contributed by atoms with Crippen LogP contribution in [-0.4, -0.2) is 33.3 Å². The maximum Gasteiger partial charge on any atom is 0.242 e. The zero-order valence-corrected chi connectivity index (χ0v) is 15.0. The molecule has 2 atom stereocenters. The minimum Gasteiger partial charge on any atom is -0.497 e. The lowest BCUT2D eigenvalue weighted by molar-refractivity contribution is -0.117. The maximum absolute atomic E-state index is 12.5. The zero-order valence-electron chi connectivity index (χ0n) is 15.0. The number of ether oxygens (including phenoxy) is 3. The van der Waals surface area contributed by atoms with Gasteiger partial charge in [0.05, 0.1) is 27.4 Å². The third-order valence-electron chi connectivity index (χ3n) is 4.39. The van der Waals surface area contributed by atoms with E-state index in [2.05, 4.69) is 16.2 Å². The van der Waals surface area contributed by atoms with Gasteiger partial charge in [-0.3, -0.25) is 4.79 Å². The van der Waals surface area contributed by atoms with E-state index >= 15 is 0 Å². The molecule has 1 amide bonds. The van der Waals surface area contributed by atoms with Crippen molar-refractivity contribution in [3.05, 3.63) is 48.0 Å². The highest BCUT2D eigenvalue weighted by atomic mass is 16.5. The van der Waals surface area contributed by atoms with Crippen molar-refractivity contribution >= 4 is 11.6 Å². The van der Waals surface area contributed by atoms with E-state index in [0.717, 1.165) is 28.5 Å². The Labute approximate surface area is 152 Å². The third-order valence-corrected chi connectivity index (χ3v) is 4.39. The van der Waals surface area contributed by atoms with Crippen molar-refractivity contribution in [1.82, 2.24) is 10.9 Å². The molecule has 1 fully saturated rings. The number of anilines is 1. The first-order valence-corrected chi connectivity index (χ1v) is 8.32. The molecule has 1 aliphatic rings. The highest BCUT2D eigenvalue weighted by molar-refractivity contribution is 5.95. The molecule has 3 N–H and O–H groups in total. The van der Waals surface area contributed by atoms with Crippen LogP contribution < -0.4 is 30.4 Å². The van der Waals surface area contributed by atoms with Crippen molar-refractivity contribution in [3.8, 4) is 17.2 Å². The number of hydrazine groups is 1. The highest BCUT2D eigenvalue weighted by Gasteiger charge is 2.31. The first-order chi connectivity index (χ1) is 12.6. The van der Waals surface area contributed by atoms with Crippen LogP contribution in [0.1, 0.15) is 18.0 Å². The summed E-state index contributed by atoms with van der Waals surface area (Å²) < 4.78 is 15.8. The summed E-state index contributed by atoms with van der Waals surface area (Å²) in [6.45, 7) is 0. The predicted molar refractivity (Wildman–Crippen MR) is 98.6 cm³/mol. The minimum atomic E-state index is -0.353. The lowest BCUT2D eigenvalue weighted by Crippen LogP contribution is -2.39. The molecule has 0 spiro atoms. The van der Waals surface area contributed by atoms with Crippen LogP contribution in [0.15, 0.2) is 42.5 Å². The molecule has 0 aliphatic carbocycles. The second-order valence-electron chi connectivity index (χ2n) is 5.96. The van der Waals surface area contributed by atoms with Gasteiger partial charge in [-0.1, -0.05) is 6.07 Å². The molecule has 138 valence electrons. The van der Waals surface area contributed by atoms with E-state index in [1.165, 1.54) is 0 Å². The van der Waals surface area contributed by atoms with Crippen LogP contribution in [0.4, 0.5) is 5.69 Å². The Morgan fingerprint density at radius 2 is 1.65 bits per heavy atom. The van der Waals surface area contributed by atoms with Crippen LogP contribution in [0.25, 0.3) is 0 Å². The van der Waals surface area contributed by atoms with Crippen LogP contribution >= 0.6 is 0 Å². The van der Waals surface area contributed by atoms with E-state index in [0.29, 0.717) is 6.42 Å². The molecule has 26 heavy (non-hydrogen) atoms. The summed E-state index contributed by atoms with van der Waals surface area (Å²) >= 11 is 0. The first-order valence-electron chi connectivity index (χ1n) is 8.32. The number of nitrogens with one attached hydrogen (secondary N) is 3. The van der Waals surface area contributed by atoms with Gasteiger partial charge in [0.1, 0.15) is 23.3 Å². The molecular formula is C19H23N3O4. The fourth-order valence-electron chi connectivity index (χ4n) is 2.94. The predicted octanol–water partition coefficient (Wildman–Crippen LogP) is 2.26. The average Bonchev–Trinajstić information content (AvgIpc) is 3.18. The molecule has 1 saturated heterocycles. The molecule has 1 heterocycles. The zero-order chi connectivity index (χ0) is 18.5. The molecule has 7 nitrogen and oxygen atoms in total. The van der Waals surface area contributed by atoms with Crippen molar-refractivity contribution in [1.29, 1.82) is 0 Å². The second-order valence-corrected chi connectivity index (χ2v) is 5.96. The molecule has 2 aromatic carbocycles. The van der Waals surface area contributed by atoms with E-state index in [4.69, 9.17) is 14.2 Å². The Bertz CT molecular complexity index is 764. The fourth-order valence-corrected chi connectivity index (χ4v) is 2.94. The molecular weight excluding hydrogens is 334 g/mol. The molecule has 7 heteroatoms. The smallest absolute Gasteiger partial charge is 0.242 e. The lowest BCUT2D eigenvalue weighted by Gasteiger charge is -2.15. The summed E-state index contributed by atoms with van der Waals surface area (Å²) in [5.74, 6) is 2.10. The number of methoxy groups -OCH3 is 3. The Morgan fingerprint density at radius 3 is 2.31 bits per heavy atom. The first kappa shape index (κ1) is 18.0. The van der Waals surface area contributed by atoms with Gasteiger partial charge < -0.3 is 19.5 Å². The van der Waals surface area contributed by atoms with Gasteiger partial charge in [-0.25, -0.2) is 10.9 Å². The number of hydrogen-bond donors (Lipinski definition) is 3. The Kier molecular flexibility index (Phi) is 5.60. The monoisotopic (exact) mass is 357 g/mol. The molecule has 3 rings (SSSR count). The largest absolute Gasteiger partial charge is 0.497 e. The van der Waals surface area contributed by atoms with E-state index in [1.807, 2.05) is 30.3 Å². The second kappa shape index (κ2) is 8.07. The lowest BCUT2D eigenvalue weighted by atomic mass is 10.0. The van der Waals surface area contributed by atoms with E-state index < -0.39 is 0 Å². The van der Waals surface area contributed by atoms with Gasteiger partial charge >= 0.3 is 0 Å². The number of amides is 1. The van der Waals surface area contributed by atoms with E-state index in [9.17, 15) is 4.79 Å². The van der Waals surface area contributed by atoms with Crippen LogP contribution in [0.2, 0.25) is 0 Å². The van der Waals surface area contributed by atoms with Crippen molar-refractivity contribution in [3.63, 3.8) is 0 Å². The van der Waals surface area contributed by atoms with Crippen molar-refractivity contribution < 1.29 is 19.0 Å². The summed E-state index contributed by atoms with van der Waals surface area (Å²) in [6.07, 6.45) is 0.602. The Hall–Kier alpha value is -2.77. The van der Waals surface area contributed by atoms with Crippen molar-refractivity contribution in [2.75, 3.05) is 26.6 Å². The van der Waals surface area contributed by atoms with Gasteiger partial charge in [-0.15, -0.1) is 0 Å². The number of rotatable bonds is 6. The Morgan fingerprint density at radius 1 is 0.962 bits per heavy atom. The van der Waals surface area contributed by atoms with Gasteiger partial charge in [-0.05, 0) is 36.8 Å². The van der Waals surface area contributed by atoms with Gasteiger partial charge in [-0.2, -0.15) is 0 Å². The number of benzene rings is 2. The quantitative estimate of drug-likeness (QED) is 0.736. The standard InChI is InChI=1S/C19H23N3O4/c1-24-13-6-4-12(5-7-13)20-19(23)17-11-16(21-22-17)15-9-8-14(25-2)10-18(15)26-3/h4-10,16-17,21-22H,11H2,1-3H3,(H,20,23). The molecule has 1 aliphatic heterocycles. The molecule has 2 aromatic rings. The van der Waals surface area contributed by atoms with Crippen molar-refractivity contribution in [2.45, 2.75) is 18.5 Å². The third kappa shape index (κ3) is 3.89. The molecule has 2 unspecified atom stereocenters. The highest BCUT2D eigenvalue weighted by Crippen LogP contribution is 2.33. The normalized spacial score (nSPS) is 19.0. The summed E-state index contributed by atoms with van der Waals surface area (Å²) in [6, 6.07) is 12.5. The molecule has 0 radical (unpaired) electrons. The summed E-state index contributed by atoms with van der Waals surface area (Å²) in [5, 5.41) is 2.91. The average molecular weight is 357 g/mol. The molecule has 0 aromatic heterocycles. The number of carbonyl (C=O) groups is 1. The van der Waals surface area contributed by atoms with Crippen molar-refractivity contribution in [2.24, 2.45) is 0 Å². The van der Waals surface area contributed by atoms with Gasteiger partial charge in [0.25, 0.3) is 0 Å². The fraction of sp³-hybridized carbons (Fsp3) is 0.316. The van der Waals surface area contributed by atoms with Gasteiger partial charge in [0, 0.05) is 17.3 Å². The number of carbonyl (C=O) groups excluding carboxylic acids is 1. The van der Waals surface area contributed by atoms with Crippen LogP contribution in [0.5, 0.6) is 17.2 Å². The SMILES string of the molecule is COc1ccc(NC(=O)C2CC(c3ccc(OC)cc3OC)NN2)cc1. The summed E-state index contributed by atoms with van der Waals surface area (Å²) in [4.78, 5) is 12.5. The minimum absolute atomic E-state index is 0.0394. The number of hydrogen-bond acceptors (Lipinski definition) is 6. The van der Waals surface area contributed by atoms with Gasteiger partial charge in [0.15, 0.2) is 0 Å². The van der Waals surface area contributed by atoms with E-state index in [-0.39, 0.29) is 18.0 Å². The van der Waals surface area contributed by atoms with Crippen LogP contribution in [0.3, 0.4) is 0 Å². The van der Waals surface area contributed by atoms with Crippen LogP contribution in [-0.2, 0) is 4.79 Å². The molecule has 0 bridgehead atoms. The maximum atomic E-state index is 12.5. The summed E-state index contributed by atoms with van der Waals surface area (Å²) in [7, 11) is 4.84. The van der Waals surface area contributed by atoms with Crippen LogP contribution in [0, 0.1) is 0 Å². The topological polar surface area (TPSA) is 80.9 Å². The molecule has 0 saturated carbocycles. The van der Waals surface area contributed by atoms with E-state index in [1.54, 1.807) is 33.5 Å². The summed E-state index contributed by atoms with van der Waals surface area (Å²) in [5.41, 5.74) is 7.92. The Balaban J connectivity index is 1.65.